The zero-order valence-corrected chi connectivity index (χ0v) is 17.7. The number of carbonyl (C=O) groups is 2. The Labute approximate surface area is 182 Å². The third-order valence-electron chi connectivity index (χ3n) is 4.13. The van der Waals surface area contributed by atoms with Crippen LogP contribution in [0.25, 0.3) is 0 Å². The molecule has 0 fully saturated rings. The van der Waals surface area contributed by atoms with E-state index in [9.17, 15) is 22.8 Å². The van der Waals surface area contributed by atoms with Gasteiger partial charge in [-0.3, -0.25) is 14.5 Å². The first kappa shape index (κ1) is 24.0. The number of carbonyl (C=O) groups excluding carboxylic acids is 2. The Morgan fingerprint density at radius 1 is 1.03 bits per heavy atom. The quantitative estimate of drug-likeness (QED) is 0.624. The smallest absolute Gasteiger partial charge is 0.348 e. The second-order valence-electron chi connectivity index (χ2n) is 6.72. The van der Waals surface area contributed by atoms with Crippen LogP contribution < -0.4 is 10.6 Å². The molecular weight excluding hydrogens is 442 g/mol. The zero-order valence-electron chi connectivity index (χ0n) is 16.2. The molecule has 5 nitrogen and oxygen atoms in total. The molecule has 2 amide bonds. The van der Waals surface area contributed by atoms with E-state index in [4.69, 9.17) is 23.2 Å². The van der Waals surface area contributed by atoms with Crippen molar-refractivity contribution < 1.29 is 22.8 Å². The first-order valence-corrected chi connectivity index (χ1v) is 9.62. The van der Waals surface area contributed by atoms with Gasteiger partial charge in [-0.25, -0.2) is 0 Å². The van der Waals surface area contributed by atoms with E-state index < -0.39 is 22.7 Å². The number of rotatable bonds is 7. The lowest BCUT2D eigenvalue weighted by atomic mass is 10.1. The number of nitrogens with one attached hydrogen (secondary N) is 2. The first-order chi connectivity index (χ1) is 14.0. The van der Waals surface area contributed by atoms with Gasteiger partial charge in [-0.1, -0.05) is 41.4 Å². The fourth-order valence-corrected chi connectivity index (χ4v) is 3.28. The number of amides is 2. The molecule has 0 spiro atoms. The lowest BCUT2D eigenvalue weighted by Crippen LogP contribution is -2.39. The van der Waals surface area contributed by atoms with Crippen LogP contribution in [0, 0.1) is 0 Å². The number of benzene rings is 2. The molecule has 0 heterocycles. The molecular formula is C20H20Cl2F3N3O2. The van der Waals surface area contributed by atoms with Crippen LogP contribution in [0.15, 0.2) is 42.5 Å². The maximum Gasteiger partial charge on any atom is 0.417 e. The van der Waals surface area contributed by atoms with Gasteiger partial charge in [-0.05, 0) is 43.8 Å². The van der Waals surface area contributed by atoms with Crippen molar-refractivity contribution in [1.29, 1.82) is 0 Å². The van der Waals surface area contributed by atoms with E-state index in [0.29, 0.717) is 5.02 Å². The van der Waals surface area contributed by atoms with E-state index in [1.54, 1.807) is 38.2 Å². The third kappa shape index (κ3) is 6.90. The van der Waals surface area contributed by atoms with Gasteiger partial charge in [0.1, 0.15) is 0 Å². The molecule has 30 heavy (non-hydrogen) atoms. The van der Waals surface area contributed by atoms with E-state index in [2.05, 4.69) is 10.6 Å². The summed E-state index contributed by atoms with van der Waals surface area (Å²) >= 11 is 11.7. The van der Waals surface area contributed by atoms with E-state index in [1.807, 2.05) is 0 Å². The molecule has 0 aliphatic rings. The Morgan fingerprint density at radius 3 is 2.30 bits per heavy atom. The Balaban J connectivity index is 1.89. The summed E-state index contributed by atoms with van der Waals surface area (Å²) in [6, 6.07) is 9.87. The van der Waals surface area contributed by atoms with E-state index >= 15 is 0 Å². The second-order valence-corrected chi connectivity index (χ2v) is 7.54. The summed E-state index contributed by atoms with van der Waals surface area (Å²) in [5.41, 5.74) is -0.318. The number of hydrogen-bond acceptors (Lipinski definition) is 3. The van der Waals surface area contributed by atoms with E-state index in [0.717, 1.165) is 17.7 Å². The largest absolute Gasteiger partial charge is 0.417 e. The predicted octanol–water partition coefficient (Wildman–Crippen LogP) is 4.76. The van der Waals surface area contributed by atoms with Crippen molar-refractivity contribution in [2.75, 3.05) is 25.5 Å². The minimum atomic E-state index is -4.63. The van der Waals surface area contributed by atoms with E-state index in [1.165, 1.54) is 11.0 Å². The molecule has 0 bridgehead atoms. The van der Waals surface area contributed by atoms with Gasteiger partial charge in [0, 0.05) is 10.7 Å². The molecule has 162 valence electrons. The van der Waals surface area contributed by atoms with Crippen LogP contribution >= 0.6 is 23.2 Å². The number of anilines is 1. The van der Waals surface area contributed by atoms with Gasteiger partial charge in [0.15, 0.2) is 0 Å². The average Bonchev–Trinajstić information content (AvgIpc) is 2.62. The molecule has 0 saturated carbocycles. The molecule has 0 radical (unpaired) electrons. The highest BCUT2D eigenvalue weighted by Gasteiger charge is 2.33. The van der Waals surface area contributed by atoms with Gasteiger partial charge in [-0.15, -0.1) is 0 Å². The fraction of sp³-hybridized carbons (Fsp3) is 0.300. The number of halogens is 5. The monoisotopic (exact) mass is 461 g/mol. The first-order valence-electron chi connectivity index (χ1n) is 8.86. The molecule has 2 aromatic carbocycles. The van der Waals surface area contributed by atoms with Crippen molar-refractivity contribution in [3.8, 4) is 0 Å². The summed E-state index contributed by atoms with van der Waals surface area (Å²) in [5, 5.41) is 5.23. The summed E-state index contributed by atoms with van der Waals surface area (Å²) in [6.07, 6.45) is -4.63. The fourth-order valence-electron chi connectivity index (χ4n) is 2.76. The Morgan fingerprint density at radius 2 is 1.67 bits per heavy atom. The van der Waals surface area contributed by atoms with Crippen LogP contribution in [0.5, 0.6) is 0 Å². The molecule has 10 heteroatoms. The molecule has 2 aromatic rings. The second kappa shape index (κ2) is 10.1. The van der Waals surface area contributed by atoms with Crippen LogP contribution in [0.1, 0.15) is 24.1 Å². The minimum Gasteiger partial charge on any atom is -0.348 e. The summed E-state index contributed by atoms with van der Waals surface area (Å²) in [7, 11) is 1.54. The number of nitrogens with zero attached hydrogens (tertiary/aromatic N) is 1. The zero-order chi connectivity index (χ0) is 22.5. The average molecular weight is 462 g/mol. The molecule has 1 atom stereocenters. The van der Waals surface area contributed by atoms with Crippen LogP contribution in [0.2, 0.25) is 10.0 Å². The summed E-state index contributed by atoms with van der Waals surface area (Å²) in [5.74, 6) is -0.900. The van der Waals surface area contributed by atoms with Crippen molar-refractivity contribution in [2.24, 2.45) is 0 Å². The predicted molar refractivity (Wildman–Crippen MR) is 111 cm³/mol. The Bertz CT molecular complexity index is 922. The van der Waals surface area contributed by atoms with E-state index in [-0.39, 0.29) is 30.7 Å². The molecule has 0 aliphatic heterocycles. The number of likely N-dealkylation sites (N-methyl/N-ethyl adjacent to an activating group) is 1. The maximum absolute atomic E-state index is 12.9. The SMILES string of the molecule is CC(NC(=O)CN(C)CC(=O)Nc1ccc(Cl)c(C(F)(F)F)c1)c1ccccc1Cl. The van der Waals surface area contributed by atoms with Crippen molar-refractivity contribution in [1.82, 2.24) is 10.2 Å². The highest BCUT2D eigenvalue weighted by atomic mass is 35.5. The molecule has 0 aliphatic carbocycles. The van der Waals surface area contributed by atoms with Crippen LogP contribution in [0.3, 0.4) is 0 Å². The lowest BCUT2D eigenvalue weighted by molar-refractivity contribution is -0.137. The normalized spacial score (nSPS) is 12.5. The highest BCUT2D eigenvalue weighted by Crippen LogP contribution is 2.36. The lowest BCUT2D eigenvalue weighted by Gasteiger charge is -2.19. The van der Waals surface area contributed by atoms with Gasteiger partial charge in [0.25, 0.3) is 0 Å². The van der Waals surface area contributed by atoms with Crippen molar-refractivity contribution in [3.63, 3.8) is 0 Å². The van der Waals surface area contributed by atoms with Gasteiger partial charge < -0.3 is 10.6 Å². The number of alkyl halides is 3. The summed E-state index contributed by atoms with van der Waals surface area (Å²) in [6.45, 7) is 1.50. The van der Waals surface area contributed by atoms with Gasteiger partial charge in [-0.2, -0.15) is 13.2 Å². The van der Waals surface area contributed by atoms with Gasteiger partial charge in [0.2, 0.25) is 11.8 Å². The van der Waals surface area contributed by atoms with Crippen molar-refractivity contribution in [3.05, 3.63) is 63.6 Å². The van der Waals surface area contributed by atoms with Crippen molar-refractivity contribution >= 4 is 40.7 Å². The number of hydrogen-bond donors (Lipinski definition) is 2. The summed E-state index contributed by atoms with van der Waals surface area (Å²) < 4.78 is 38.7. The Hall–Kier alpha value is -2.29. The minimum absolute atomic E-state index is 0.0399. The van der Waals surface area contributed by atoms with Crippen LogP contribution in [-0.4, -0.2) is 36.9 Å². The van der Waals surface area contributed by atoms with Gasteiger partial charge >= 0.3 is 6.18 Å². The topological polar surface area (TPSA) is 61.4 Å². The summed E-state index contributed by atoms with van der Waals surface area (Å²) in [4.78, 5) is 25.8. The van der Waals surface area contributed by atoms with Crippen molar-refractivity contribution in [2.45, 2.75) is 19.1 Å². The van der Waals surface area contributed by atoms with Crippen LogP contribution in [0.4, 0.5) is 18.9 Å². The Kier molecular flexibility index (Phi) is 8.11. The maximum atomic E-state index is 12.9. The van der Waals surface area contributed by atoms with Gasteiger partial charge in [0.05, 0.1) is 29.7 Å². The highest BCUT2D eigenvalue weighted by molar-refractivity contribution is 6.31. The molecule has 0 saturated heterocycles. The van der Waals surface area contributed by atoms with Crippen LogP contribution in [-0.2, 0) is 15.8 Å². The molecule has 0 aromatic heterocycles. The molecule has 2 N–H and O–H groups in total. The molecule has 2 rings (SSSR count). The molecule has 1 unspecified atom stereocenters. The standard InChI is InChI=1S/C20H20Cl2F3N3O2/c1-12(14-5-3-4-6-16(14)21)26-18(29)10-28(2)11-19(30)27-13-7-8-17(22)15(9-13)20(23,24)25/h3-9,12H,10-11H2,1-2H3,(H,26,29)(H,27,30). The third-order valence-corrected chi connectivity index (χ3v) is 4.81.